The molecule has 1 aliphatic heterocycles. The van der Waals surface area contributed by atoms with Gasteiger partial charge in [-0.25, -0.2) is 27.3 Å². The zero-order chi connectivity index (χ0) is 26.8. The van der Waals surface area contributed by atoms with E-state index in [1.807, 2.05) is 0 Å². The van der Waals surface area contributed by atoms with Crippen molar-refractivity contribution in [1.29, 1.82) is 0 Å². The van der Waals surface area contributed by atoms with Gasteiger partial charge in [-0.05, 0) is 42.5 Å². The number of benzene rings is 3. The van der Waals surface area contributed by atoms with Crippen molar-refractivity contribution in [3.05, 3.63) is 94.8 Å². The number of carbonyl (C=O) groups excluding carboxylic acids is 2. The Bertz CT molecular complexity index is 1560. The fourth-order valence-corrected chi connectivity index (χ4v) is 3.94. The van der Waals surface area contributed by atoms with Gasteiger partial charge in [0.25, 0.3) is 0 Å². The maximum absolute atomic E-state index is 15.2. The van der Waals surface area contributed by atoms with E-state index >= 15 is 4.39 Å². The summed E-state index contributed by atoms with van der Waals surface area (Å²) >= 11 is 0. The smallest absolute Gasteiger partial charge is 0.323 e. The highest BCUT2D eigenvalue weighted by atomic mass is 19.2. The highest BCUT2D eigenvalue weighted by Crippen LogP contribution is 2.26. The maximum atomic E-state index is 15.2. The first-order valence-corrected chi connectivity index (χ1v) is 11.4. The third-order valence-electron chi connectivity index (χ3n) is 5.82. The van der Waals surface area contributed by atoms with Crippen LogP contribution >= 0.6 is 0 Å². The van der Waals surface area contributed by atoms with Crippen molar-refractivity contribution in [3.63, 3.8) is 0 Å². The van der Waals surface area contributed by atoms with Gasteiger partial charge >= 0.3 is 6.03 Å². The second kappa shape index (κ2) is 10.5. The summed E-state index contributed by atoms with van der Waals surface area (Å²) in [4.78, 5) is 34.2. The van der Waals surface area contributed by atoms with E-state index in [2.05, 4.69) is 25.9 Å². The Morgan fingerprint density at radius 2 is 1.74 bits per heavy atom. The van der Waals surface area contributed by atoms with Gasteiger partial charge in [0.05, 0.1) is 40.8 Å². The van der Waals surface area contributed by atoms with Crippen LogP contribution in [0.2, 0.25) is 0 Å². The van der Waals surface area contributed by atoms with Crippen LogP contribution in [0, 0.1) is 23.3 Å². The van der Waals surface area contributed by atoms with Gasteiger partial charge in [-0.15, -0.1) is 0 Å². The van der Waals surface area contributed by atoms with Crippen molar-refractivity contribution in [1.82, 2.24) is 15.3 Å². The summed E-state index contributed by atoms with van der Waals surface area (Å²) in [6.45, 7) is 1.86. The minimum atomic E-state index is -1.31. The van der Waals surface area contributed by atoms with E-state index in [0.717, 1.165) is 36.9 Å². The first kappa shape index (κ1) is 25.2. The molecule has 0 spiro atoms. The molecule has 1 aliphatic rings. The van der Waals surface area contributed by atoms with Crippen LogP contribution in [0.15, 0.2) is 54.7 Å². The zero-order valence-corrected chi connectivity index (χ0v) is 19.5. The number of morpholine rings is 1. The Morgan fingerprint density at radius 3 is 2.50 bits per heavy atom. The van der Waals surface area contributed by atoms with Crippen molar-refractivity contribution in [2.24, 2.45) is 0 Å². The standard InChI is InChI=1S/C26H19F4N5O3/c27-15-3-2-14(10-17(15)29)33-26(37)35-19-6-4-16(28)23(24(19)30)25(36)13-1-5-18-20(9-13)32-11-21(34-18)22-12-31-7-8-38-22/h1-6,9-11,22,31H,7-8,12H2,(H2,33,35,37). The lowest BCUT2D eigenvalue weighted by atomic mass is 10.0. The number of fused-ring (bicyclic) bond motifs is 1. The molecule has 1 atom stereocenters. The molecule has 3 aromatic carbocycles. The molecule has 0 aliphatic carbocycles. The molecule has 3 N–H and O–H groups in total. The number of hydrogen-bond donors (Lipinski definition) is 3. The largest absolute Gasteiger partial charge is 0.369 e. The molecule has 1 saturated heterocycles. The number of ketones is 1. The Kier molecular flexibility index (Phi) is 6.99. The molecule has 0 bridgehead atoms. The molecule has 1 unspecified atom stereocenters. The number of anilines is 2. The van der Waals surface area contributed by atoms with E-state index in [-0.39, 0.29) is 17.4 Å². The monoisotopic (exact) mass is 525 g/mol. The van der Waals surface area contributed by atoms with Crippen LogP contribution in [0.1, 0.15) is 27.7 Å². The number of urea groups is 1. The SMILES string of the molecule is O=C(Nc1ccc(F)c(F)c1)Nc1ccc(F)c(C(=O)c2ccc3nc(C4CNCCO4)cnc3c2)c1F. The van der Waals surface area contributed by atoms with E-state index in [0.29, 0.717) is 29.9 Å². The molecule has 194 valence electrons. The summed E-state index contributed by atoms with van der Waals surface area (Å²) in [6.07, 6.45) is 1.26. The van der Waals surface area contributed by atoms with Gasteiger partial charge < -0.3 is 20.7 Å². The second-order valence-electron chi connectivity index (χ2n) is 8.38. The molecule has 8 nitrogen and oxygen atoms in total. The van der Waals surface area contributed by atoms with E-state index in [9.17, 15) is 22.8 Å². The maximum Gasteiger partial charge on any atom is 0.323 e. The van der Waals surface area contributed by atoms with Crippen LogP contribution in [0.4, 0.5) is 33.7 Å². The third-order valence-corrected chi connectivity index (χ3v) is 5.82. The molecule has 1 aromatic heterocycles. The second-order valence-corrected chi connectivity index (χ2v) is 8.38. The summed E-state index contributed by atoms with van der Waals surface area (Å²) in [6, 6.07) is 7.62. The number of nitrogens with one attached hydrogen (secondary N) is 3. The van der Waals surface area contributed by atoms with Gasteiger partial charge in [-0.1, -0.05) is 0 Å². The predicted molar refractivity (Wildman–Crippen MR) is 130 cm³/mol. The molecule has 0 radical (unpaired) electrons. The van der Waals surface area contributed by atoms with E-state index in [4.69, 9.17) is 4.74 Å². The average Bonchev–Trinajstić information content (AvgIpc) is 2.92. The fraction of sp³-hybridized carbons (Fsp3) is 0.154. The molecule has 2 amide bonds. The summed E-state index contributed by atoms with van der Waals surface area (Å²) in [5, 5.41) is 7.53. The number of aromatic nitrogens is 2. The fourth-order valence-electron chi connectivity index (χ4n) is 3.94. The number of nitrogens with zero attached hydrogens (tertiary/aromatic N) is 2. The molecule has 4 aromatic rings. The molecular weight excluding hydrogens is 506 g/mol. The van der Waals surface area contributed by atoms with Crippen LogP contribution in [0.25, 0.3) is 11.0 Å². The van der Waals surface area contributed by atoms with Crippen LogP contribution in [0.3, 0.4) is 0 Å². The minimum Gasteiger partial charge on any atom is -0.369 e. The molecule has 38 heavy (non-hydrogen) atoms. The summed E-state index contributed by atoms with van der Waals surface area (Å²) in [5.41, 5.74) is -0.116. The van der Waals surface area contributed by atoms with Gasteiger partial charge in [-0.3, -0.25) is 9.78 Å². The van der Waals surface area contributed by atoms with Crippen molar-refractivity contribution >= 4 is 34.2 Å². The summed E-state index contributed by atoms with van der Waals surface area (Å²) < 4.78 is 61.9. The van der Waals surface area contributed by atoms with Crippen LogP contribution in [-0.4, -0.2) is 41.5 Å². The number of rotatable bonds is 5. The average molecular weight is 525 g/mol. The van der Waals surface area contributed by atoms with Crippen LogP contribution in [-0.2, 0) is 4.74 Å². The lowest BCUT2D eigenvalue weighted by Gasteiger charge is -2.22. The number of ether oxygens (including phenoxy) is 1. The van der Waals surface area contributed by atoms with Gasteiger partial charge in [0.15, 0.2) is 23.2 Å². The van der Waals surface area contributed by atoms with Crippen molar-refractivity contribution in [2.45, 2.75) is 6.10 Å². The lowest BCUT2D eigenvalue weighted by molar-refractivity contribution is 0.0250. The van der Waals surface area contributed by atoms with E-state index < -0.39 is 46.3 Å². The minimum absolute atomic E-state index is 0.0451. The number of carbonyl (C=O) groups is 2. The van der Waals surface area contributed by atoms with Gasteiger partial charge in [0.2, 0.25) is 0 Å². The first-order valence-electron chi connectivity index (χ1n) is 11.4. The molecule has 1 fully saturated rings. The Balaban J connectivity index is 1.37. The predicted octanol–water partition coefficient (Wildman–Crippen LogP) is 4.72. The number of halogens is 4. The quantitative estimate of drug-likeness (QED) is 0.257. The first-order chi connectivity index (χ1) is 18.3. The van der Waals surface area contributed by atoms with Gasteiger partial charge in [0.1, 0.15) is 11.9 Å². The molecular formula is C26H19F4N5O3. The molecule has 0 saturated carbocycles. The molecule has 12 heteroatoms. The Hall–Kier alpha value is -4.42. The number of hydrogen-bond acceptors (Lipinski definition) is 6. The topological polar surface area (TPSA) is 105 Å². The highest BCUT2D eigenvalue weighted by Gasteiger charge is 2.24. The van der Waals surface area contributed by atoms with Crippen LogP contribution < -0.4 is 16.0 Å². The van der Waals surface area contributed by atoms with E-state index in [1.165, 1.54) is 24.4 Å². The van der Waals surface area contributed by atoms with Gasteiger partial charge in [-0.2, -0.15) is 0 Å². The summed E-state index contributed by atoms with van der Waals surface area (Å²) in [5.74, 6) is -5.72. The third kappa shape index (κ3) is 5.17. The highest BCUT2D eigenvalue weighted by molar-refractivity contribution is 6.11. The summed E-state index contributed by atoms with van der Waals surface area (Å²) in [7, 11) is 0. The van der Waals surface area contributed by atoms with Crippen LogP contribution in [0.5, 0.6) is 0 Å². The lowest BCUT2D eigenvalue weighted by Crippen LogP contribution is -2.33. The normalized spacial score (nSPS) is 15.3. The van der Waals surface area contributed by atoms with Crippen molar-refractivity contribution < 1.29 is 31.9 Å². The van der Waals surface area contributed by atoms with Crippen molar-refractivity contribution in [2.75, 3.05) is 30.3 Å². The molecule has 2 heterocycles. The zero-order valence-electron chi connectivity index (χ0n) is 19.5. The van der Waals surface area contributed by atoms with Gasteiger partial charge in [0, 0.05) is 30.4 Å². The number of amides is 2. The van der Waals surface area contributed by atoms with E-state index in [1.54, 1.807) is 0 Å². The Labute approximate surface area is 213 Å². The molecule has 5 rings (SSSR count). The van der Waals surface area contributed by atoms with Crippen molar-refractivity contribution in [3.8, 4) is 0 Å². The Morgan fingerprint density at radius 1 is 0.921 bits per heavy atom.